The van der Waals surface area contributed by atoms with Gasteiger partial charge in [0.2, 0.25) is 6.41 Å². The van der Waals surface area contributed by atoms with Crippen LogP contribution < -0.4 is 9.64 Å². The van der Waals surface area contributed by atoms with Crippen molar-refractivity contribution in [2.45, 2.75) is 25.5 Å². The Labute approximate surface area is 144 Å². The van der Waals surface area contributed by atoms with Crippen molar-refractivity contribution in [2.24, 2.45) is 0 Å². The van der Waals surface area contributed by atoms with E-state index in [2.05, 4.69) is 4.98 Å². The van der Waals surface area contributed by atoms with Crippen molar-refractivity contribution in [3.63, 3.8) is 0 Å². The standard InChI is InChI=1S/C18H17N3O4/c1-10-4-12(6-19)20-7-13(10)11-2-3-14-16(5-11)24-9-15-17(8-22)25-18(23)21(14)15/h2-5,7,15,17-18,22-23H,8-9H2,1H3/t15-,17-,18?/m0/s1. The van der Waals surface area contributed by atoms with Crippen LogP contribution in [0.4, 0.5) is 5.69 Å². The summed E-state index contributed by atoms with van der Waals surface area (Å²) in [5.74, 6) is 0.638. The molecule has 0 amide bonds. The molecule has 3 atom stereocenters. The van der Waals surface area contributed by atoms with Crippen molar-refractivity contribution in [2.75, 3.05) is 18.1 Å². The predicted octanol–water partition coefficient (Wildman–Crippen LogP) is 1.16. The zero-order chi connectivity index (χ0) is 17.6. The van der Waals surface area contributed by atoms with Crippen LogP contribution in [0.3, 0.4) is 0 Å². The van der Waals surface area contributed by atoms with Gasteiger partial charge in [-0.1, -0.05) is 6.07 Å². The number of anilines is 1. The largest absolute Gasteiger partial charge is 0.489 e. The second kappa shape index (κ2) is 6.01. The molecule has 0 saturated carbocycles. The molecule has 0 bridgehead atoms. The Kier molecular flexibility index (Phi) is 3.81. The lowest BCUT2D eigenvalue weighted by molar-refractivity contribution is -0.101. The third kappa shape index (κ3) is 2.51. The molecule has 2 aromatic rings. The van der Waals surface area contributed by atoms with Gasteiger partial charge in [0.05, 0.1) is 18.3 Å². The summed E-state index contributed by atoms with van der Waals surface area (Å²) < 4.78 is 11.2. The van der Waals surface area contributed by atoms with Crippen molar-refractivity contribution in [1.82, 2.24) is 4.98 Å². The molecular weight excluding hydrogens is 322 g/mol. The van der Waals surface area contributed by atoms with Crippen LogP contribution in [0, 0.1) is 18.3 Å². The third-order valence-electron chi connectivity index (χ3n) is 4.68. The molecule has 2 aliphatic rings. The van der Waals surface area contributed by atoms with Gasteiger partial charge in [-0.15, -0.1) is 0 Å². The molecule has 4 rings (SSSR count). The molecule has 7 nitrogen and oxygen atoms in total. The zero-order valence-electron chi connectivity index (χ0n) is 13.6. The minimum Gasteiger partial charge on any atom is -0.489 e. The quantitative estimate of drug-likeness (QED) is 0.847. The molecule has 25 heavy (non-hydrogen) atoms. The van der Waals surface area contributed by atoms with Crippen LogP contribution in [0.5, 0.6) is 5.75 Å². The molecule has 1 unspecified atom stereocenters. The summed E-state index contributed by atoms with van der Waals surface area (Å²) in [4.78, 5) is 5.86. The van der Waals surface area contributed by atoms with Gasteiger partial charge < -0.3 is 24.6 Å². The lowest BCUT2D eigenvalue weighted by Crippen LogP contribution is -2.46. The Hall–Kier alpha value is -2.66. The smallest absolute Gasteiger partial charge is 0.238 e. The van der Waals surface area contributed by atoms with Crippen molar-refractivity contribution in [3.8, 4) is 22.9 Å². The molecule has 0 radical (unpaired) electrons. The molecule has 1 aromatic carbocycles. The van der Waals surface area contributed by atoms with Gasteiger partial charge in [-0.05, 0) is 36.2 Å². The summed E-state index contributed by atoms with van der Waals surface area (Å²) in [6.45, 7) is 2.08. The van der Waals surface area contributed by atoms with Gasteiger partial charge in [0, 0.05) is 11.8 Å². The summed E-state index contributed by atoms with van der Waals surface area (Å²) in [6.07, 6.45) is 0.0957. The van der Waals surface area contributed by atoms with Crippen LogP contribution in [0.15, 0.2) is 30.5 Å². The second-order valence-electron chi connectivity index (χ2n) is 6.15. The number of nitrogens with zero attached hydrogens (tertiary/aromatic N) is 3. The first kappa shape index (κ1) is 15.8. The average Bonchev–Trinajstić information content (AvgIpc) is 2.97. The first-order valence-electron chi connectivity index (χ1n) is 7.99. The lowest BCUT2D eigenvalue weighted by atomic mass is 10.00. The van der Waals surface area contributed by atoms with E-state index in [-0.39, 0.29) is 12.6 Å². The fourth-order valence-electron chi connectivity index (χ4n) is 3.41. The van der Waals surface area contributed by atoms with Crippen molar-refractivity contribution in [1.29, 1.82) is 5.26 Å². The van der Waals surface area contributed by atoms with Gasteiger partial charge in [-0.3, -0.25) is 0 Å². The molecule has 1 fully saturated rings. The molecule has 128 valence electrons. The number of aliphatic hydroxyl groups excluding tert-OH is 2. The molecule has 1 aromatic heterocycles. The number of fused-ring (bicyclic) bond motifs is 3. The Bertz CT molecular complexity index is 864. The summed E-state index contributed by atoms with van der Waals surface area (Å²) in [5.41, 5.74) is 3.89. The molecule has 0 spiro atoms. The van der Waals surface area contributed by atoms with E-state index < -0.39 is 12.5 Å². The lowest BCUT2D eigenvalue weighted by Gasteiger charge is -2.34. The summed E-state index contributed by atoms with van der Waals surface area (Å²) in [7, 11) is 0. The Morgan fingerprint density at radius 3 is 2.96 bits per heavy atom. The number of ether oxygens (including phenoxy) is 2. The highest BCUT2D eigenvalue weighted by Crippen LogP contribution is 2.42. The molecule has 7 heteroatoms. The summed E-state index contributed by atoms with van der Waals surface area (Å²) in [6, 6.07) is 9.22. The first-order valence-corrected chi connectivity index (χ1v) is 7.99. The third-order valence-corrected chi connectivity index (χ3v) is 4.68. The first-order chi connectivity index (χ1) is 12.1. The van der Waals surface area contributed by atoms with Gasteiger partial charge in [0.15, 0.2) is 0 Å². The van der Waals surface area contributed by atoms with E-state index >= 15 is 0 Å². The Morgan fingerprint density at radius 2 is 2.24 bits per heavy atom. The highest BCUT2D eigenvalue weighted by Gasteiger charge is 2.45. The number of hydrogen-bond acceptors (Lipinski definition) is 7. The number of pyridine rings is 1. The normalized spacial score (nSPS) is 24.2. The predicted molar refractivity (Wildman–Crippen MR) is 88.9 cm³/mol. The van der Waals surface area contributed by atoms with E-state index in [1.807, 2.05) is 31.2 Å². The summed E-state index contributed by atoms with van der Waals surface area (Å²) in [5, 5.41) is 28.5. The van der Waals surface area contributed by atoms with Crippen LogP contribution in [-0.4, -0.2) is 47.0 Å². The molecule has 3 heterocycles. The SMILES string of the molecule is Cc1cc(C#N)ncc1-c1ccc2c(c1)OC[C@H]1[C@H](CO)OC(O)N21. The molecule has 1 saturated heterocycles. The highest BCUT2D eigenvalue weighted by molar-refractivity contribution is 5.74. The number of rotatable bonds is 2. The Morgan fingerprint density at radius 1 is 1.40 bits per heavy atom. The number of aromatic nitrogens is 1. The molecular formula is C18H17N3O4. The van der Waals surface area contributed by atoms with Crippen molar-refractivity contribution in [3.05, 3.63) is 41.7 Å². The van der Waals surface area contributed by atoms with E-state index in [4.69, 9.17) is 14.7 Å². The van der Waals surface area contributed by atoms with Crippen molar-refractivity contribution >= 4 is 5.69 Å². The highest BCUT2D eigenvalue weighted by atomic mass is 16.7. The topological polar surface area (TPSA) is 98.8 Å². The molecule has 2 aliphatic heterocycles. The number of hydrogen-bond donors (Lipinski definition) is 2. The van der Waals surface area contributed by atoms with E-state index in [1.165, 1.54) is 0 Å². The van der Waals surface area contributed by atoms with Crippen LogP contribution >= 0.6 is 0 Å². The maximum absolute atomic E-state index is 10.2. The van der Waals surface area contributed by atoms with Crippen LogP contribution in [0.25, 0.3) is 11.1 Å². The van der Waals surface area contributed by atoms with Gasteiger partial charge in [0.1, 0.15) is 30.2 Å². The van der Waals surface area contributed by atoms with Crippen LogP contribution in [0.2, 0.25) is 0 Å². The molecule has 0 aliphatic carbocycles. The minimum atomic E-state index is -1.10. The van der Waals surface area contributed by atoms with Gasteiger partial charge in [0.25, 0.3) is 0 Å². The maximum atomic E-state index is 10.2. The number of aryl methyl sites for hydroxylation is 1. The maximum Gasteiger partial charge on any atom is 0.238 e. The van der Waals surface area contributed by atoms with E-state index in [0.717, 1.165) is 22.4 Å². The fraction of sp³-hybridized carbons (Fsp3) is 0.333. The minimum absolute atomic E-state index is 0.175. The van der Waals surface area contributed by atoms with Crippen LogP contribution in [0.1, 0.15) is 11.3 Å². The average molecular weight is 339 g/mol. The monoisotopic (exact) mass is 339 g/mol. The Balaban J connectivity index is 1.72. The second-order valence-corrected chi connectivity index (χ2v) is 6.15. The number of nitriles is 1. The van der Waals surface area contributed by atoms with Crippen molar-refractivity contribution < 1.29 is 19.7 Å². The summed E-state index contributed by atoms with van der Waals surface area (Å²) >= 11 is 0. The number of aliphatic hydroxyl groups is 2. The van der Waals surface area contributed by atoms with E-state index in [9.17, 15) is 10.2 Å². The zero-order valence-corrected chi connectivity index (χ0v) is 13.6. The number of benzene rings is 1. The van der Waals surface area contributed by atoms with Gasteiger partial charge in [-0.25, -0.2) is 4.98 Å². The van der Waals surface area contributed by atoms with Gasteiger partial charge in [-0.2, -0.15) is 5.26 Å². The fourth-order valence-corrected chi connectivity index (χ4v) is 3.41. The van der Waals surface area contributed by atoms with E-state index in [1.54, 1.807) is 17.2 Å². The van der Waals surface area contributed by atoms with Gasteiger partial charge >= 0.3 is 0 Å². The van der Waals surface area contributed by atoms with E-state index in [0.29, 0.717) is 18.1 Å². The molecule has 2 N–H and O–H groups in total. The van der Waals surface area contributed by atoms with Crippen LogP contribution in [-0.2, 0) is 4.74 Å².